The summed E-state index contributed by atoms with van der Waals surface area (Å²) in [7, 11) is 0. The number of hydrogen-bond acceptors (Lipinski definition) is 4. The van der Waals surface area contributed by atoms with E-state index in [-0.39, 0.29) is 11.5 Å². The molecule has 2 heterocycles. The van der Waals surface area contributed by atoms with Gasteiger partial charge in [0.1, 0.15) is 0 Å². The molecule has 1 amide bonds. The lowest BCUT2D eigenvalue weighted by molar-refractivity contribution is 0.0955. The van der Waals surface area contributed by atoms with Crippen molar-refractivity contribution in [2.75, 3.05) is 0 Å². The lowest BCUT2D eigenvalue weighted by Crippen LogP contribution is -2.19. The average molecular weight is 292 g/mol. The van der Waals surface area contributed by atoms with E-state index >= 15 is 0 Å². The van der Waals surface area contributed by atoms with E-state index < -0.39 is 0 Å². The number of aromatic amines is 1. The molecule has 3 aromatic rings. The van der Waals surface area contributed by atoms with Gasteiger partial charge < -0.3 is 4.98 Å². The van der Waals surface area contributed by atoms with Gasteiger partial charge in [0, 0.05) is 23.5 Å². The van der Waals surface area contributed by atoms with E-state index in [0.29, 0.717) is 11.1 Å². The van der Waals surface area contributed by atoms with Gasteiger partial charge >= 0.3 is 0 Å². The summed E-state index contributed by atoms with van der Waals surface area (Å²) in [5.74, 6) is -0.365. The Balaban J connectivity index is 1.80. The average Bonchev–Trinajstić information content (AvgIpc) is 2.56. The molecule has 3 rings (SSSR count). The molecule has 0 aliphatic rings. The van der Waals surface area contributed by atoms with Gasteiger partial charge in [-0.25, -0.2) is 5.43 Å². The third kappa shape index (κ3) is 2.90. The first-order valence-electron chi connectivity index (χ1n) is 6.59. The fourth-order valence-corrected chi connectivity index (χ4v) is 1.99. The zero-order valence-electron chi connectivity index (χ0n) is 11.5. The Kier molecular flexibility index (Phi) is 3.74. The second-order valence-electron chi connectivity index (χ2n) is 4.58. The lowest BCUT2D eigenvalue weighted by Gasteiger charge is -2.00. The summed E-state index contributed by atoms with van der Waals surface area (Å²) in [5, 5.41) is 4.71. The number of pyridine rings is 2. The summed E-state index contributed by atoms with van der Waals surface area (Å²) in [6.07, 6.45) is 4.36. The standard InChI is InChI=1S/C16H12N4O2/c21-15-13(9-12-3-1-2-4-14(12)19-15)10-18-20-16(22)11-5-7-17-8-6-11/h1-10H,(H,19,21)(H,20,22). The van der Waals surface area contributed by atoms with E-state index in [1.807, 2.05) is 24.3 Å². The smallest absolute Gasteiger partial charge is 0.271 e. The van der Waals surface area contributed by atoms with Crippen LogP contribution in [-0.4, -0.2) is 22.1 Å². The first kappa shape index (κ1) is 13.7. The summed E-state index contributed by atoms with van der Waals surface area (Å²) in [5.41, 5.74) is 3.68. The molecule has 0 saturated heterocycles. The third-order valence-corrected chi connectivity index (χ3v) is 3.09. The number of para-hydroxylation sites is 1. The first-order chi connectivity index (χ1) is 10.7. The molecule has 0 saturated carbocycles. The number of fused-ring (bicyclic) bond motifs is 1. The predicted molar refractivity (Wildman–Crippen MR) is 83.9 cm³/mol. The van der Waals surface area contributed by atoms with E-state index in [4.69, 9.17) is 0 Å². The van der Waals surface area contributed by atoms with Crippen LogP contribution in [0.4, 0.5) is 0 Å². The van der Waals surface area contributed by atoms with Gasteiger partial charge in [-0.15, -0.1) is 0 Å². The molecule has 2 aromatic heterocycles. The lowest BCUT2D eigenvalue weighted by atomic mass is 10.2. The quantitative estimate of drug-likeness (QED) is 0.569. The van der Waals surface area contributed by atoms with Crippen molar-refractivity contribution in [2.45, 2.75) is 0 Å². The maximum Gasteiger partial charge on any atom is 0.271 e. The van der Waals surface area contributed by atoms with Crippen molar-refractivity contribution in [2.24, 2.45) is 5.10 Å². The molecule has 0 fully saturated rings. The molecule has 0 unspecified atom stereocenters. The van der Waals surface area contributed by atoms with Crippen LogP contribution in [0.5, 0.6) is 0 Å². The van der Waals surface area contributed by atoms with Crippen LogP contribution in [-0.2, 0) is 0 Å². The van der Waals surface area contributed by atoms with Crippen LogP contribution < -0.4 is 11.0 Å². The van der Waals surface area contributed by atoms with Crippen LogP contribution >= 0.6 is 0 Å². The number of carbonyl (C=O) groups excluding carboxylic acids is 1. The van der Waals surface area contributed by atoms with E-state index in [9.17, 15) is 9.59 Å². The maximum atomic E-state index is 11.9. The Morgan fingerprint density at radius 1 is 1.18 bits per heavy atom. The number of aromatic nitrogens is 2. The highest BCUT2D eigenvalue weighted by molar-refractivity contribution is 5.95. The molecular formula is C16H12N4O2. The van der Waals surface area contributed by atoms with E-state index in [1.54, 1.807) is 18.2 Å². The molecule has 6 nitrogen and oxygen atoms in total. The number of H-pyrrole nitrogens is 1. The zero-order valence-corrected chi connectivity index (χ0v) is 11.5. The van der Waals surface area contributed by atoms with Crippen molar-refractivity contribution in [3.05, 3.63) is 76.3 Å². The monoisotopic (exact) mass is 292 g/mol. The fourth-order valence-electron chi connectivity index (χ4n) is 1.99. The predicted octanol–water partition coefficient (Wildman–Crippen LogP) is 1.69. The van der Waals surface area contributed by atoms with Gasteiger partial charge in [-0.2, -0.15) is 5.10 Å². The highest BCUT2D eigenvalue weighted by Gasteiger charge is 2.03. The molecule has 0 aliphatic heterocycles. The van der Waals surface area contributed by atoms with E-state index in [1.165, 1.54) is 18.6 Å². The Bertz CT molecular complexity index is 901. The van der Waals surface area contributed by atoms with Gasteiger partial charge in [-0.05, 0) is 29.7 Å². The van der Waals surface area contributed by atoms with Gasteiger partial charge in [-0.3, -0.25) is 14.6 Å². The molecule has 0 radical (unpaired) electrons. The number of nitrogens with zero attached hydrogens (tertiary/aromatic N) is 2. The number of rotatable bonds is 3. The highest BCUT2D eigenvalue weighted by atomic mass is 16.2. The van der Waals surface area contributed by atoms with Crippen molar-refractivity contribution >= 4 is 23.0 Å². The Morgan fingerprint density at radius 2 is 1.95 bits per heavy atom. The minimum Gasteiger partial charge on any atom is -0.321 e. The minimum absolute atomic E-state index is 0.263. The molecule has 0 spiro atoms. The van der Waals surface area contributed by atoms with Crippen LogP contribution in [0.3, 0.4) is 0 Å². The summed E-state index contributed by atoms with van der Waals surface area (Å²) < 4.78 is 0. The van der Waals surface area contributed by atoms with Gasteiger partial charge in [0.15, 0.2) is 0 Å². The summed E-state index contributed by atoms with van der Waals surface area (Å²) in [4.78, 5) is 30.3. The van der Waals surface area contributed by atoms with Crippen molar-refractivity contribution in [3.63, 3.8) is 0 Å². The van der Waals surface area contributed by atoms with Crippen LogP contribution in [0.25, 0.3) is 10.9 Å². The molecule has 2 N–H and O–H groups in total. The van der Waals surface area contributed by atoms with Crippen molar-refractivity contribution < 1.29 is 4.79 Å². The number of amides is 1. The largest absolute Gasteiger partial charge is 0.321 e. The van der Waals surface area contributed by atoms with Gasteiger partial charge in [0.25, 0.3) is 11.5 Å². The van der Waals surface area contributed by atoms with E-state index in [2.05, 4.69) is 20.5 Å². The SMILES string of the molecule is O=C(NN=Cc1cc2ccccc2[nH]c1=O)c1ccncc1. The number of benzene rings is 1. The fraction of sp³-hybridized carbons (Fsp3) is 0. The van der Waals surface area contributed by atoms with Gasteiger partial charge in [0.2, 0.25) is 0 Å². The minimum atomic E-state index is -0.365. The van der Waals surface area contributed by atoms with Crippen LogP contribution in [0.2, 0.25) is 0 Å². The summed E-state index contributed by atoms with van der Waals surface area (Å²) >= 11 is 0. The zero-order chi connectivity index (χ0) is 15.4. The van der Waals surface area contributed by atoms with Gasteiger partial charge in [0.05, 0.1) is 11.8 Å². The molecule has 22 heavy (non-hydrogen) atoms. The van der Waals surface area contributed by atoms with Gasteiger partial charge in [-0.1, -0.05) is 18.2 Å². The van der Waals surface area contributed by atoms with Crippen LogP contribution in [0, 0.1) is 0 Å². The number of hydrazone groups is 1. The highest BCUT2D eigenvalue weighted by Crippen LogP contribution is 2.08. The molecule has 0 bridgehead atoms. The topological polar surface area (TPSA) is 87.2 Å². The van der Waals surface area contributed by atoms with Crippen molar-refractivity contribution in [1.29, 1.82) is 0 Å². The second-order valence-corrected chi connectivity index (χ2v) is 4.58. The molecule has 0 atom stereocenters. The Labute approximate surface area is 125 Å². The molecule has 0 aliphatic carbocycles. The van der Waals surface area contributed by atoms with Crippen LogP contribution in [0.1, 0.15) is 15.9 Å². The first-order valence-corrected chi connectivity index (χ1v) is 6.59. The summed E-state index contributed by atoms with van der Waals surface area (Å²) in [6, 6.07) is 12.3. The maximum absolute atomic E-state index is 11.9. The van der Waals surface area contributed by atoms with Crippen LogP contribution in [0.15, 0.2) is 64.8 Å². The van der Waals surface area contributed by atoms with Crippen molar-refractivity contribution in [1.82, 2.24) is 15.4 Å². The Hall–Kier alpha value is -3.28. The number of hydrogen-bond donors (Lipinski definition) is 2. The normalized spacial score (nSPS) is 10.9. The molecular weight excluding hydrogens is 280 g/mol. The van der Waals surface area contributed by atoms with Crippen molar-refractivity contribution in [3.8, 4) is 0 Å². The summed E-state index contributed by atoms with van der Waals surface area (Å²) in [6.45, 7) is 0. The Morgan fingerprint density at radius 3 is 2.77 bits per heavy atom. The molecule has 1 aromatic carbocycles. The second kappa shape index (κ2) is 6.01. The van der Waals surface area contributed by atoms with E-state index in [0.717, 1.165) is 10.9 Å². The number of carbonyl (C=O) groups is 1. The molecule has 6 heteroatoms. The number of nitrogens with one attached hydrogen (secondary N) is 2. The third-order valence-electron chi connectivity index (χ3n) is 3.09. The molecule has 108 valence electrons.